The first-order chi connectivity index (χ1) is 10.2. The van der Waals surface area contributed by atoms with Crippen molar-refractivity contribution in [3.05, 3.63) is 64.2 Å². The molecule has 0 aliphatic carbocycles. The molecule has 3 rings (SSSR count). The van der Waals surface area contributed by atoms with Crippen LogP contribution in [0, 0.1) is 6.92 Å². The van der Waals surface area contributed by atoms with E-state index in [0.717, 1.165) is 29.2 Å². The molecular weight excluding hydrogens is 282 g/mol. The van der Waals surface area contributed by atoms with Crippen LogP contribution in [0.1, 0.15) is 29.0 Å². The lowest BCUT2D eigenvalue weighted by atomic mass is 9.91. The van der Waals surface area contributed by atoms with Crippen LogP contribution >= 0.6 is 11.6 Å². The summed E-state index contributed by atoms with van der Waals surface area (Å²) in [6.07, 6.45) is 2.04. The molecule has 3 heteroatoms. The molecule has 0 saturated carbocycles. The quantitative estimate of drug-likeness (QED) is 0.923. The molecule has 0 saturated heterocycles. The normalized spacial score (nSPS) is 18.1. The average Bonchev–Trinajstić information content (AvgIpc) is 2.87. The summed E-state index contributed by atoms with van der Waals surface area (Å²) in [4.78, 5) is 0. The standard InChI is InChI=1S/C18H20ClNO/c1-12-6-7-18-13(8-12)9-15(21-18)10-14(11-20)16-4-2-3-5-17(16)19/h2-8,14-15H,9-11,20H2,1H3. The lowest BCUT2D eigenvalue weighted by Crippen LogP contribution is -2.22. The maximum atomic E-state index is 6.30. The third-order valence-electron chi connectivity index (χ3n) is 4.13. The van der Waals surface area contributed by atoms with E-state index in [-0.39, 0.29) is 12.0 Å². The first-order valence-corrected chi connectivity index (χ1v) is 7.76. The van der Waals surface area contributed by atoms with Crippen LogP contribution in [0.2, 0.25) is 5.02 Å². The van der Waals surface area contributed by atoms with Crippen molar-refractivity contribution in [3.8, 4) is 5.75 Å². The van der Waals surface area contributed by atoms with Gasteiger partial charge in [0, 0.05) is 17.4 Å². The highest BCUT2D eigenvalue weighted by atomic mass is 35.5. The molecule has 0 bridgehead atoms. The van der Waals surface area contributed by atoms with E-state index in [1.807, 2.05) is 18.2 Å². The molecule has 0 amide bonds. The van der Waals surface area contributed by atoms with Crippen LogP contribution in [0.4, 0.5) is 0 Å². The minimum Gasteiger partial charge on any atom is -0.490 e. The zero-order chi connectivity index (χ0) is 14.8. The summed E-state index contributed by atoms with van der Waals surface area (Å²) in [7, 11) is 0. The maximum Gasteiger partial charge on any atom is 0.123 e. The molecule has 2 nitrogen and oxygen atoms in total. The van der Waals surface area contributed by atoms with Crippen LogP contribution in [0.15, 0.2) is 42.5 Å². The molecule has 2 aromatic rings. The second-order valence-electron chi connectivity index (χ2n) is 5.75. The summed E-state index contributed by atoms with van der Waals surface area (Å²) in [5, 5.41) is 0.791. The Kier molecular flexibility index (Phi) is 4.18. The van der Waals surface area contributed by atoms with Gasteiger partial charge in [0.2, 0.25) is 0 Å². The first-order valence-electron chi connectivity index (χ1n) is 7.38. The van der Waals surface area contributed by atoms with Crippen LogP contribution < -0.4 is 10.5 Å². The molecule has 21 heavy (non-hydrogen) atoms. The van der Waals surface area contributed by atoms with E-state index in [9.17, 15) is 0 Å². The van der Waals surface area contributed by atoms with Crippen molar-refractivity contribution in [2.45, 2.75) is 31.8 Å². The van der Waals surface area contributed by atoms with E-state index < -0.39 is 0 Å². The Hall–Kier alpha value is -1.51. The van der Waals surface area contributed by atoms with Crippen molar-refractivity contribution in [3.63, 3.8) is 0 Å². The Morgan fingerprint density at radius 3 is 2.86 bits per heavy atom. The Morgan fingerprint density at radius 1 is 1.29 bits per heavy atom. The predicted molar refractivity (Wildman–Crippen MR) is 87.2 cm³/mol. The van der Waals surface area contributed by atoms with Gasteiger partial charge in [-0.2, -0.15) is 0 Å². The molecule has 1 heterocycles. The fourth-order valence-corrected chi connectivity index (χ4v) is 3.34. The van der Waals surface area contributed by atoms with Crippen LogP contribution in [-0.2, 0) is 6.42 Å². The van der Waals surface area contributed by atoms with E-state index in [2.05, 4.69) is 31.2 Å². The predicted octanol–water partition coefficient (Wildman–Crippen LogP) is 4.08. The molecule has 0 aromatic heterocycles. The van der Waals surface area contributed by atoms with Crippen molar-refractivity contribution < 1.29 is 4.74 Å². The van der Waals surface area contributed by atoms with E-state index in [1.165, 1.54) is 11.1 Å². The summed E-state index contributed by atoms with van der Waals surface area (Å²) in [5.41, 5.74) is 9.67. The van der Waals surface area contributed by atoms with Gasteiger partial charge in [-0.15, -0.1) is 0 Å². The highest BCUT2D eigenvalue weighted by molar-refractivity contribution is 6.31. The Bertz CT molecular complexity index is 641. The van der Waals surface area contributed by atoms with Gasteiger partial charge in [0.15, 0.2) is 0 Å². The number of ether oxygens (including phenoxy) is 1. The van der Waals surface area contributed by atoms with Gasteiger partial charge in [0.05, 0.1) is 0 Å². The fourth-order valence-electron chi connectivity index (χ4n) is 3.05. The summed E-state index contributed by atoms with van der Waals surface area (Å²) in [6.45, 7) is 2.69. The monoisotopic (exact) mass is 301 g/mol. The molecule has 2 N–H and O–H groups in total. The maximum absolute atomic E-state index is 6.30. The van der Waals surface area contributed by atoms with Crippen molar-refractivity contribution in [2.75, 3.05) is 6.54 Å². The second-order valence-corrected chi connectivity index (χ2v) is 6.15. The molecule has 0 radical (unpaired) electrons. The molecule has 110 valence electrons. The number of rotatable bonds is 4. The molecule has 0 spiro atoms. The SMILES string of the molecule is Cc1ccc2c(c1)CC(CC(CN)c1ccccc1Cl)O2. The van der Waals surface area contributed by atoms with Gasteiger partial charge in [0.25, 0.3) is 0 Å². The van der Waals surface area contributed by atoms with Gasteiger partial charge in [-0.3, -0.25) is 0 Å². The third kappa shape index (κ3) is 3.07. The molecule has 0 fully saturated rings. The topological polar surface area (TPSA) is 35.2 Å². The van der Waals surface area contributed by atoms with Crippen molar-refractivity contribution in [1.29, 1.82) is 0 Å². The van der Waals surface area contributed by atoms with E-state index in [0.29, 0.717) is 6.54 Å². The molecule has 1 aliphatic heterocycles. The van der Waals surface area contributed by atoms with Gasteiger partial charge in [-0.05, 0) is 43.1 Å². The van der Waals surface area contributed by atoms with E-state index in [1.54, 1.807) is 0 Å². The molecular formula is C18H20ClNO. The molecule has 1 aliphatic rings. The lowest BCUT2D eigenvalue weighted by molar-refractivity contribution is 0.210. The lowest BCUT2D eigenvalue weighted by Gasteiger charge is -2.20. The zero-order valence-electron chi connectivity index (χ0n) is 12.2. The number of hydrogen-bond donors (Lipinski definition) is 1. The van der Waals surface area contributed by atoms with Crippen molar-refractivity contribution >= 4 is 11.6 Å². The molecule has 2 atom stereocenters. The van der Waals surface area contributed by atoms with Crippen LogP contribution in [0.5, 0.6) is 5.75 Å². The highest BCUT2D eigenvalue weighted by Crippen LogP contribution is 2.35. The van der Waals surface area contributed by atoms with Crippen LogP contribution in [0.3, 0.4) is 0 Å². The van der Waals surface area contributed by atoms with E-state index in [4.69, 9.17) is 22.1 Å². The summed E-state index contributed by atoms with van der Waals surface area (Å²) < 4.78 is 6.06. The van der Waals surface area contributed by atoms with Crippen molar-refractivity contribution in [1.82, 2.24) is 0 Å². The second kappa shape index (κ2) is 6.08. The Morgan fingerprint density at radius 2 is 2.10 bits per heavy atom. The van der Waals surface area contributed by atoms with Crippen molar-refractivity contribution in [2.24, 2.45) is 5.73 Å². The third-order valence-corrected chi connectivity index (χ3v) is 4.48. The number of nitrogens with two attached hydrogens (primary N) is 1. The van der Waals surface area contributed by atoms with Crippen LogP contribution in [-0.4, -0.2) is 12.6 Å². The van der Waals surface area contributed by atoms with Gasteiger partial charge >= 0.3 is 0 Å². The van der Waals surface area contributed by atoms with Gasteiger partial charge in [-0.25, -0.2) is 0 Å². The summed E-state index contributed by atoms with van der Waals surface area (Å²) in [5.74, 6) is 1.25. The summed E-state index contributed by atoms with van der Waals surface area (Å²) in [6, 6.07) is 14.3. The zero-order valence-corrected chi connectivity index (χ0v) is 12.9. The number of hydrogen-bond acceptors (Lipinski definition) is 2. The summed E-state index contributed by atoms with van der Waals surface area (Å²) >= 11 is 6.30. The average molecular weight is 302 g/mol. The van der Waals surface area contributed by atoms with Gasteiger partial charge in [0.1, 0.15) is 11.9 Å². The number of aryl methyl sites for hydroxylation is 1. The van der Waals surface area contributed by atoms with Gasteiger partial charge < -0.3 is 10.5 Å². The minimum absolute atomic E-state index is 0.187. The minimum atomic E-state index is 0.187. The Balaban J connectivity index is 1.74. The fraction of sp³-hybridized carbons (Fsp3) is 0.333. The molecule has 2 aromatic carbocycles. The molecule has 2 unspecified atom stereocenters. The number of benzene rings is 2. The Labute approximate surface area is 130 Å². The largest absolute Gasteiger partial charge is 0.490 e. The smallest absolute Gasteiger partial charge is 0.123 e. The van der Waals surface area contributed by atoms with Gasteiger partial charge in [-0.1, -0.05) is 47.5 Å². The van der Waals surface area contributed by atoms with Crippen LogP contribution in [0.25, 0.3) is 0 Å². The van der Waals surface area contributed by atoms with E-state index >= 15 is 0 Å². The number of halogens is 1. The number of fused-ring (bicyclic) bond motifs is 1. The highest BCUT2D eigenvalue weighted by Gasteiger charge is 2.26. The first kappa shape index (κ1) is 14.4.